The molecule has 7 amide bonds. The van der Waals surface area contributed by atoms with Gasteiger partial charge < -0.3 is 79.8 Å². The molecule has 3 rings (SSSR count). The number of amides is 7. The van der Waals surface area contributed by atoms with Gasteiger partial charge in [0.05, 0.1) is 6.42 Å². The summed E-state index contributed by atoms with van der Waals surface area (Å²) in [5.41, 5.74) is 19.7. The van der Waals surface area contributed by atoms with Crippen LogP contribution in [0.15, 0.2) is 48.5 Å². The quantitative estimate of drug-likeness (QED) is 0.0215. The molecule has 28 heteroatoms. The average Bonchev–Trinajstić information content (AvgIpc) is 3.66. The van der Waals surface area contributed by atoms with Gasteiger partial charge in [-0.05, 0) is 79.2 Å². The Hall–Kier alpha value is -8.17. The first-order chi connectivity index (χ1) is 35.1. The summed E-state index contributed by atoms with van der Waals surface area (Å²) in [5, 5.41) is 62.9. The molecule has 0 spiro atoms. The molecule has 0 saturated carbocycles. The molecule has 0 aliphatic heterocycles. The van der Waals surface area contributed by atoms with Crippen LogP contribution in [-0.4, -0.2) is 155 Å². The predicted molar refractivity (Wildman–Crippen MR) is 268 cm³/mol. The topological polar surface area (TPSA) is 463 Å². The smallest absolute Gasteiger partial charge is 0.407 e. The number of carbonyl (C=O) groups excluding carboxylic acids is 7. The van der Waals surface area contributed by atoms with Crippen LogP contribution in [0.25, 0.3) is 11.1 Å². The van der Waals surface area contributed by atoms with Gasteiger partial charge in [-0.3, -0.25) is 49.2 Å². The lowest BCUT2D eigenvalue weighted by Crippen LogP contribution is -2.60. The third-order valence-electron chi connectivity index (χ3n) is 11.4. The van der Waals surface area contributed by atoms with Crippen molar-refractivity contribution in [2.24, 2.45) is 17.2 Å². The molecule has 2 aromatic carbocycles. The molecule has 0 radical (unpaired) electrons. The monoisotopic (exact) mass is 1060 g/mol. The van der Waals surface area contributed by atoms with Gasteiger partial charge in [0.2, 0.25) is 35.4 Å². The molecule has 1 aliphatic rings. The van der Waals surface area contributed by atoms with E-state index in [0.29, 0.717) is 0 Å². The maximum Gasteiger partial charge on any atom is 0.407 e. The zero-order valence-electron chi connectivity index (χ0n) is 40.5. The number of aliphatic carboxylic acids is 3. The number of nitrogens with two attached hydrogens (primary N) is 3. The second-order valence-corrected chi connectivity index (χ2v) is 17.9. The summed E-state index contributed by atoms with van der Waals surface area (Å²) >= 11 is 1.24. The summed E-state index contributed by atoms with van der Waals surface area (Å²) in [6.07, 6.45) is -2.75. The molecule has 0 aromatic heterocycles. The molecular formula is C46H65N13O14S. The van der Waals surface area contributed by atoms with Crippen LogP contribution in [-0.2, 0) is 47.9 Å². The van der Waals surface area contributed by atoms with Crippen LogP contribution >= 0.6 is 11.8 Å². The van der Waals surface area contributed by atoms with E-state index < -0.39 is 134 Å². The number of nitrogens with one attached hydrogen (secondary N) is 10. The van der Waals surface area contributed by atoms with Gasteiger partial charge in [-0.25, -0.2) is 9.59 Å². The number of ether oxygens (including phenoxy) is 1. The fourth-order valence-corrected chi connectivity index (χ4v) is 8.18. The number of thioether (sulfide) groups is 1. The van der Waals surface area contributed by atoms with Crippen LogP contribution in [0.5, 0.6) is 0 Å². The first kappa shape index (κ1) is 60.1. The summed E-state index contributed by atoms with van der Waals surface area (Å²) in [4.78, 5) is 130. The van der Waals surface area contributed by atoms with Crippen LogP contribution in [0.2, 0.25) is 0 Å². The van der Waals surface area contributed by atoms with E-state index in [2.05, 4.69) is 42.5 Å². The van der Waals surface area contributed by atoms with Crippen molar-refractivity contribution in [2.75, 3.05) is 31.7 Å². The second-order valence-electron chi connectivity index (χ2n) is 16.9. The van der Waals surface area contributed by atoms with Gasteiger partial charge in [0.15, 0.2) is 11.9 Å². The Kier molecular flexibility index (Phi) is 24.9. The fourth-order valence-electron chi connectivity index (χ4n) is 7.71. The molecule has 0 heterocycles. The first-order valence-corrected chi connectivity index (χ1v) is 24.7. The molecular weight excluding hydrogens is 991 g/mol. The van der Waals surface area contributed by atoms with E-state index in [-0.39, 0.29) is 69.4 Å². The molecule has 0 fully saturated rings. The molecule has 0 unspecified atom stereocenters. The van der Waals surface area contributed by atoms with E-state index in [4.69, 9.17) is 32.8 Å². The maximum absolute atomic E-state index is 14.0. The zero-order chi connectivity index (χ0) is 54.9. The third kappa shape index (κ3) is 20.5. The molecule has 19 N–H and O–H groups in total. The van der Waals surface area contributed by atoms with Crippen LogP contribution in [0.3, 0.4) is 0 Å². The van der Waals surface area contributed by atoms with Crippen LogP contribution in [0.1, 0.15) is 81.3 Å². The van der Waals surface area contributed by atoms with Crippen molar-refractivity contribution in [3.8, 4) is 11.1 Å². The Morgan fingerprint density at radius 1 is 0.568 bits per heavy atom. The maximum atomic E-state index is 14.0. The van der Waals surface area contributed by atoms with Gasteiger partial charge in [0.1, 0.15) is 42.9 Å². The summed E-state index contributed by atoms with van der Waals surface area (Å²) in [5.74, 6) is -11.6. The molecule has 2 aromatic rings. The Bertz CT molecular complexity index is 2330. The lowest BCUT2D eigenvalue weighted by molar-refractivity contribution is -0.143. The summed E-state index contributed by atoms with van der Waals surface area (Å²) in [6.45, 7) is -0.0134. The van der Waals surface area contributed by atoms with E-state index in [0.717, 1.165) is 22.3 Å². The van der Waals surface area contributed by atoms with Gasteiger partial charge in [-0.2, -0.15) is 11.8 Å². The van der Waals surface area contributed by atoms with Gasteiger partial charge in [-0.1, -0.05) is 48.5 Å². The molecule has 0 bridgehead atoms. The fraction of sp³-hybridized carbons (Fsp3) is 0.478. The number of carboxylic acids is 3. The molecule has 27 nitrogen and oxygen atoms in total. The minimum Gasteiger partial charge on any atom is -0.481 e. The highest BCUT2D eigenvalue weighted by Crippen LogP contribution is 2.44. The summed E-state index contributed by atoms with van der Waals surface area (Å²) < 4.78 is 5.53. The van der Waals surface area contributed by atoms with E-state index in [9.17, 15) is 63.3 Å². The van der Waals surface area contributed by atoms with Crippen molar-refractivity contribution < 1.29 is 68.0 Å². The minimum atomic E-state index is -1.92. The number of primary amides is 1. The lowest BCUT2D eigenvalue weighted by atomic mass is 9.98. The number of rotatable bonds is 33. The highest BCUT2D eigenvalue weighted by Gasteiger charge is 2.35. The van der Waals surface area contributed by atoms with Crippen molar-refractivity contribution in [3.05, 3.63) is 59.7 Å². The normalized spacial score (nSPS) is 13.8. The summed E-state index contributed by atoms with van der Waals surface area (Å²) in [6, 6.07) is 5.35. The zero-order valence-corrected chi connectivity index (χ0v) is 41.3. The van der Waals surface area contributed by atoms with Crippen molar-refractivity contribution >= 4 is 83.1 Å². The minimum absolute atomic E-state index is 0.0497. The summed E-state index contributed by atoms with van der Waals surface area (Å²) in [7, 11) is 0. The number of carbonyl (C=O) groups is 10. The standard InChI is InChI=1S/C46H65N13O14S/c1-74-21-18-32(41(68)55-30(14-16-35(47)60)39(66)54-29(12-6-19-52-44(48)49)38(65)57-33(43(70)71)13-7-20-53-45(50)51)56-42(69)34(22-37(63)64)58-40(67)31(15-17-36(61)62)59-46(72)73-23-28-26-10-4-2-8-24(26)25-9-3-5-11-27(25)28/h2-5,8-11,28-34H,6-7,12-23H2,1H3,(H2,47,60)(H,54,66)(H,55,68)(H,56,69)(H,57,65)(H,58,67)(H,59,72)(H,61,62)(H,63,64)(H,70,71)(H4,48,49,52)(H4,50,51,53)/t29-,30-,31-,32-,33-,34-/m0/s1. The van der Waals surface area contributed by atoms with E-state index in [1.54, 1.807) is 6.26 Å². The van der Waals surface area contributed by atoms with Gasteiger partial charge in [0, 0.05) is 31.8 Å². The highest BCUT2D eigenvalue weighted by atomic mass is 32.2. The van der Waals surface area contributed by atoms with Crippen molar-refractivity contribution in [3.63, 3.8) is 0 Å². The van der Waals surface area contributed by atoms with Crippen LogP contribution in [0, 0.1) is 10.8 Å². The molecule has 74 heavy (non-hydrogen) atoms. The number of carboxylic acid groups (broad SMARTS) is 3. The van der Waals surface area contributed by atoms with E-state index in [1.165, 1.54) is 11.8 Å². The number of alkyl carbamates (subject to hydrolysis) is 1. The molecule has 0 saturated heterocycles. The third-order valence-corrected chi connectivity index (χ3v) is 12.0. The largest absolute Gasteiger partial charge is 0.481 e. The number of benzene rings is 2. The Labute approximate surface area is 429 Å². The number of fused-ring (bicyclic) bond motifs is 3. The average molecular weight is 1060 g/mol. The lowest BCUT2D eigenvalue weighted by Gasteiger charge is -2.27. The Balaban J connectivity index is 1.81. The molecule has 404 valence electrons. The number of hydrogen-bond donors (Lipinski definition) is 16. The predicted octanol–water partition coefficient (Wildman–Crippen LogP) is -1.71. The van der Waals surface area contributed by atoms with Gasteiger partial charge >= 0.3 is 24.0 Å². The van der Waals surface area contributed by atoms with Crippen molar-refractivity contribution in [1.29, 1.82) is 10.8 Å². The number of hydrogen-bond acceptors (Lipinski definition) is 14. The van der Waals surface area contributed by atoms with E-state index >= 15 is 0 Å². The second kappa shape index (κ2) is 30.7. The SMILES string of the molecule is CSCC[C@H](NC(=O)[C@H](CC(=O)O)NC(=O)[C@H](CCC(=O)O)NC(=O)OCC1c2ccccc2-c2ccccc21)C(=O)N[C@@H](CCC(N)=O)C(=O)N[C@@H](CCCNC(=N)N)C(=O)N[C@@H](CCCNC(=N)N)C(=O)O. The van der Waals surface area contributed by atoms with E-state index in [1.807, 2.05) is 48.5 Å². The van der Waals surface area contributed by atoms with Crippen LogP contribution in [0.4, 0.5) is 4.79 Å². The first-order valence-electron chi connectivity index (χ1n) is 23.3. The van der Waals surface area contributed by atoms with Crippen molar-refractivity contribution in [1.82, 2.24) is 42.5 Å². The Morgan fingerprint density at radius 2 is 0.986 bits per heavy atom. The Morgan fingerprint density at radius 3 is 1.45 bits per heavy atom. The van der Waals surface area contributed by atoms with Crippen molar-refractivity contribution in [2.45, 2.75) is 106 Å². The molecule has 1 aliphatic carbocycles. The van der Waals surface area contributed by atoms with Gasteiger partial charge in [0.25, 0.3) is 0 Å². The highest BCUT2D eigenvalue weighted by molar-refractivity contribution is 7.98. The molecule has 6 atom stereocenters. The number of guanidine groups is 2. The van der Waals surface area contributed by atoms with Gasteiger partial charge in [-0.15, -0.1) is 0 Å². The van der Waals surface area contributed by atoms with Crippen LogP contribution < -0.4 is 59.7 Å².